The van der Waals surface area contributed by atoms with Gasteiger partial charge in [-0.3, -0.25) is 4.99 Å². The van der Waals surface area contributed by atoms with E-state index in [1.807, 2.05) is 6.92 Å². The summed E-state index contributed by atoms with van der Waals surface area (Å²) in [5.74, 6) is -1.12. The van der Waals surface area contributed by atoms with Crippen LogP contribution in [-0.2, 0) is 6.42 Å². The predicted octanol–water partition coefficient (Wildman–Crippen LogP) is 2.09. The Morgan fingerprint density at radius 2 is 2.20 bits per heavy atom. The van der Waals surface area contributed by atoms with E-state index < -0.39 is 11.6 Å². The molecule has 0 saturated heterocycles. The van der Waals surface area contributed by atoms with Gasteiger partial charge in [0.1, 0.15) is 21.6 Å². The van der Waals surface area contributed by atoms with Crippen LogP contribution in [-0.4, -0.2) is 22.7 Å². The third-order valence-electron chi connectivity index (χ3n) is 2.37. The van der Waals surface area contributed by atoms with Crippen LogP contribution in [0, 0.1) is 18.6 Å². The fourth-order valence-electron chi connectivity index (χ4n) is 1.48. The van der Waals surface area contributed by atoms with E-state index in [0.717, 1.165) is 28.2 Å². The lowest BCUT2D eigenvalue weighted by molar-refractivity contribution is 0.604. The lowest BCUT2D eigenvalue weighted by Gasteiger charge is -2.06. The topological polar surface area (TPSA) is 76.2 Å². The Hall–Kier alpha value is -2.09. The van der Waals surface area contributed by atoms with Crippen molar-refractivity contribution in [2.45, 2.75) is 13.3 Å². The Bertz CT molecular complexity index is 626. The number of guanidine groups is 1. The van der Waals surface area contributed by atoms with E-state index in [1.165, 1.54) is 11.3 Å². The van der Waals surface area contributed by atoms with Gasteiger partial charge in [-0.1, -0.05) is 0 Å². The molecule has 0 fully saturated rings. The van der Waals surface area contributed by atoms with Gasteiger partial charge in [0.2, 0.25) is 0 Å². The Kier molecular flexibility index (Phi) is 4.57. The number of hydrogen-bond donors (Lipinski definition) is 2. The fourth-order valence-corrected chi connectivity index (χ4v) is 2.18. The molecule has 1 aromatic carbocycles. The van der Waals surface area contributed by atoms with E-state index in [2.05, 4.69) is 20.5 Å². The maximum absolute atomic E-state index is 13.4. The van der Waals surface area contributed by atoms with Crippen LogP contribution in [0.1, 0.15) is 10.0 Å². The summed E-state index contributed by atoms with van der Waals surface area (Å²) in [4.78, 5) is 4.03. The average Bonchev–Trinajstić information content (AvgIpc) is 2.80. The third-order valence-corrected chi connectivity index (χ3v) is 3.27. The number of halogens is 2. The van der Waals surface area contributed by atoms with Crippen molar-refractivity contribution in [1.82, 2.24) is 10.2 Å². The van der Waals surface area contributed by atoms with E-state index in [1.54, 1.807) is 0 Å². The molecule has 0 amide bonds. The maximum Gasteiger partial charge on any atom is 0.193 e. The summed E-state index contributed by atoms with van der Waals surface area (Å²) in [5, 5.41) is 12.1. The van der Waals surface area contributed by atoms with Crippen molar-refractivity contribution in [3.8, 4) is 0 Å². The highest BCUT2D eigenvalue weighted by molar-refractivity contribution is 7.11. The zero-order valence-electron chi connectivity index (χ0n) is 10.7. The van der Waals surface area contributed by atoms with Gasteiger partial charge in [-0.05, 0) is 19.1 Å². The first-order valence-electron chi connectivity index (χ1n) is 5.85. The van der Waals surface area contributed by atoms with Gasteiger partial charge in [0.05, 0.1) is 5.69 Å². The number of rotatable bonds is 4. The molecule has 1 heterocycles. The van der Waals surface area contributed by atoms with Crippen LogP contribution in [0.5, 0.6) is 0 Å². The standard InChI is InChI=1S/C12H13F2N5S/c1-7-18-19-11(20-7)4-5-16-12(15)17-10-6-8(13)2-3-9(10)14/h2-3,6H,4-5H2,1H3,(H3,15,16,17). The molecule has 0 aliphatic carbocycles. The third kappa shape index (κ3) is 3.95. The summed E-state index contributed by atoms with van der Waals surface area (Å²) < 4.78 is 26.3. The first kappa shape index (κ1) is 14.3. The van der Waals surface area contributed by atoms with Gasteiger partial charge >= 0.3 is 0 Å². The van der Waals surface area contributed by atoms with Crippen LogP contribution in [0.25, 0.3) is 0 Å². The largest absolute Gasteiger partial charge is 0.370 e. The minimum absolute atomic E-state index is 0.0238. The Balaban J connectivity index is 1.92. The SMILES string of the molecule is Cc1nnc(CCN=C(N)Nc2cc(F)ccc2F)s1. The number of aromatic nitrogens is 2. The van der Waals surface area contributed by atoms with Gasteiger partial charge in [-0.2, -0.15) is 0 Å². The molecule has 8 heteroatoms. The number of benzene rings is 1. The number of anilines is 1. The van der Waals surface area contributed by atoms with Crippen molar-refractivity contribution in [3.63, 3.8) is 0 Å². The second-order valence-electron chi connectivity index (χ2n) is 3.98. The van der Waals surface area contributed by atoms with Gasteiger partial charge in [0.25, 0.3) is 0 Å². The number of nitrogens with two attached hydrogens (primary N) is 1. The molecule has 0 radical (unpaired) electrons. The molecular weight excluding hydrogens is 284 g/mol. The molecule has 5 nitrogen and oxygen atoms in total. The van der Waals surface area contributed by atoms with Crippen molar-refractivity contribution in [2.75, 3.05) is 11.9 Å². The molecule has 3 N–H and O–H groups in total. The molecule has 2 aromatic rings. The van der Waals surface area contributed by atoms with E-state index in [4.69, 9.17) is 5.73 Å². The molecule has 0 bridgehead atoms. The zero-order chi connectivity index (χ0) is 14.5. The van der Waals surface area contributed by atoms with Crippen LogP contribution in [0.3, 0.4) is 0 Å². The molecule has 0 aliphatic heterocycles. The zero-order valence-corrected chi connectivity index (χ0v) is 11.5. The Labute approximate surface area is 118 Å². The summed E-state index contributed by atoms with van der Waals surface area (Å²) in [6.45, 7) is 2.26. The van der Waals surface area contributed by atoms with E-state index in [0.29, 0.717) is 13.0 Å². The van der Waals surface area contributed by atoms with Crippen molar-refractivity contribution in [2.24, 2.45) is 10.7 Å². The Morgan fingerprint density at radius 3 is 2.90 bits per heavy atom. The highest BCUT2D eigenvalue weighted by Crippen LogP contribution is 2.14. The molecule has 0 spiro atoms. The van der Waals surface area contributed by atoms with E-state index in [9.17, 15) is 8.78 Å². The molecule has 106 valence electrons. The molecule has 0 saturated carbocycles. The lowest BCUT2D eigenvalue weighted by atomic mass is 10.3. The summed E-state index contributed by atoms with van der Waals surface area (Å²) in [6.07, 6.45) is 0.597. The van der Waals surface area contributed by atoms with Crippen molar-refractivity contribution < 1.29 is 8.78 Å². The number of hydrogen-bond acceptors (Lipinski definition) is 4. The molecule has 0 atom stereocenters. The summed E-state index contributed by atoms with van der Waals surface area (Å²) in [5.41, 5.74) is 5.57. The van der Waals surface area contributed by atoms with Crippen molar-refractivity contribution in [3.05, 3.63) is 39.8 Å². The highest BCUT2D eigenvalue weighted by Gasteiger charge is 2.05. The summed E-state index contributed by atoms with van der Waals surface area (Å²) >= 11 is 1.49. The van der Waals surface area contributed by atoms with Crippen LogP contribution in [0.15, 0.2) is 23.2 Å². The first-order valence-corrected chi connectivity index (χ1v) is 6.67. The van der Waals surface area contributed by atoms with Crippen LogP contribution < -0.4 is 11.1 Å². The number of aryl methyl sites for hydroxylation is 1. The van der Waals surface area contributed by atoms with E-state index in [-0.39, 0.29) is 11.6 Å². The van der Waals surface area contributed by atoms with Gasteiger partial charge in [0.15, 0.2) is 5.96 Å². The van der Waals surface area contributed by atoms with Gasteiger partial charge in [-0.15, -0.1) is 21.5 Å². The number of nitrogens with one attached hydrogen (secondary N) is 1. The maximum atomic E-state index is 13.4. The van der Waals surface area contributed by atoms with Crippen molar-refractivity contribution >= 4 is 23.0 Å². The minimum Gasteiger partial charge on any atom is -0.370 e. The van der Waals surface area contributed by atoms with Gasteiger partial charge < -0.3 is 11.1 Å². The fraction of sp³-hybridized carbons (Fsp3) is 0.250. The summed E-state index contributed by atoms with van der Waals surface area (Å²) in [7, 11) is 0. The normalized spacial score (nSPS) is 11.7. The van der Waals surface area contributed by atoms with Gasteiger partial charge in [0, 0.05) is 19.0 Å². The molecule has 0 unspecified atom stereocenters. The first-order chi connectivity index (χ1) is 9.54. The summed E-state index contributed by atoms with van der Waals surface area (Å²) in [6, 6.07) is 3.08. The number of aliphatic imine (C=N–C) groups is 1. The molecule has 2 rings (SSSR count). The predicted molar refractivity (Wildman–Crippen MR) is 74.8 cm³/mol. The van der Waals surface area contributed by atoms with E-state index >= 15 is 0 Å². The van der Waals surface area contributed by atoms with Crippen LogP contribution >= 0.6 is 11.3 Å². The smallest absolute Gasteiger partial charge is 0.193 e. The second-order valence-corrected chi connectivity index (χ2v) is 5.25. The molecule has 0 aliphatic rings. The molecular formula is C12H13F2N5S. The highest BCUT2D eigenvalue weighted by atomic mass is 32.1. The second kappa shape index (κ2) is 6.38. The minimum atomic E-state index is -0.593. The van der Waals surface area contributed by atoms with Crippen LogP contribution in [0.4, 0.5) is 14.5 Å². The quantitative estimate of drug-likeness (QED) is 0.669. The lowest BCUT2D eigenvalue weighted by Crippen LogP contribution is -2.23. The number of nitrogens with zero attached hydrogens (tertiary/aromatic N) is 3. The monoisotopic (exact) mass is 297 g/mol. The van der Waals surface area contributed by atoms with Crippen LogP contribution in [0.2, 0.25) is 0 Å². The Morgan fingerprint density at radius 1 is 1.40 bits per heavy atom. The molecule has 1 aromatic heterocycles. The van der Waals surface area contributed by atoms with Crippen molar-refractivity contribution in [1.29, 1.82) is 0 Å². The average molecular weight is 297 g/mol. The van der Waals surface area contributed by atoms with Gasteiger partial charge in [-0.25, -0.2) is 8.78 Å². The molecule has 20 heavy (non-hydrogen) atoms.